The van der Waals surface area contributed by atoms with E-state index in [1.165, 1.54) is 24.1 Å². The van der Waals surface area contributed by atoms with E-state index in [-0.39, 0.29) is 31.3 Å². The highest BCUT2D eigenvalue weighted by molar-refractivity contribution is 5.85. The number of aromatic nitrogens is 1. The van der Waals surface area contributed by atoms with E-state index < -0.39 is 16.3 Å². The second-order valence-electron chi connectivity index (χ2n) is 6.53. The molecule has 0 spiro atoms. The number of likely N-dealkylation sites (tertiary alicyclic amines) is 1. The van der Waals surface area contributed by atoms with Crippen LogP contribution in [0.25, 0.3) is 10.9 Å². The molecule has 2 aromatic rings. The summed E-state index contributed by atoms with van der Waals surface area (Å²) in [7, 11) is 1.44. The molecule has 9 heteroatoms. The zero-order valence-electron chi connectivity index (χ0n) is 14.3. The highest BCUT2D eigenvalue weighted by Crippen LogP contribution is 2.31. The highest BCUT2D eigenvalue weighted by atomic mass is 16.6. The van der Waals surface area contributed by atoms with Crippen LogP contribution in [0.5, 0.6) is 0 Å². The maximum Gasteiger partial charge on any atom is 0.313 e. The number of fused-ring (bicyclic) bond motifs is 1. The number of non-ortho nitro benzene ring substituents is 1. The summed E-state index contributed by atoms with van der Waals surface area (Å²) in [4.78, 5) is 36.1. The van der Waals surface area contributed by atoms with Crippen molar-refractivity contribution in [2.45, 2.75) is 13.0 Å². The number of hydrogen-bond acceptors (Lipinski definition) is 5. The number of nitro benzene ring substituents is 1. The van der Waals surface area contributed by atoms with Gasteiger partial charge >= 0.3 is 5.97 Å². The van der Waals surface area contributed by atoms with Crippen molar-refractivity contribution in [2.75, 3.05) is 26.8 Å². The lowest BCUT2D eigenvalue weighted by Gasteiger charge is -2.24. The van der Waals surface area contributed by atoms with Gasteiger partial charge in [0.25, 0.3) is 5.69 Å². The fourth-order valence-electron chi connectivity index (χ4n) is 3.40. The summed E-state index contributed by atoms with van der Waals surface area (Å²) >= 11 is 0. The lowest BCUT2D eigenvalue weighted by atomic mass is 9.88. The molecule has 0 saturated carbocycles. The molecule has 0 bridgehead atoms. The monoisotopic (exact) mass is 361 g/mol. The Morgan fingerprint density at radius 1 is 1.38 bits per heavy atom. The van der Waals surface area contributed by atoms with Crippen molar-refractivity contribution in [2.24, 2.45) is 5.41 Å². The largest absolute Gasteiger partial charge is 0.481 e. The van der Waals surface area contributed by atoms with Gasteiger partial charge in [0.15, 0.2) is 0 Å². The van der Waals surface area contributed by atoms with Crippen molar-refractivity contribution in [1.29, 1.82) is 0 Å². The number of carbonyl (C=O) groups is 2. The highest BCUT2D eigenvalue weighted by Gasteiger charge is 2.46. The molecule has 1 fully saturated rings. The number of carboxylic acid groups (broad SMARTS) is 1. The van der Waals surface area contributed by atoms with Gasteiger partial charge < -0.3 is 19.3 Å². The molecule has 2 heterocycles. The van der Waals surface area contributed by atoms with Crippen LogP contribution in [0.3, 0.4) is 0 Å². The summed E-state index contributed by atoms with van der Waals surface area (Å²) in [6.45, 7) is 0.574. The number of nitro groups is 1. The van der Waals surface area contributed by atoms with E-state index in [1.807, 2.05) is 0 Å². The number of methoxy groups -OCH3 is 1. The zero-order valence-corrected chi connectivity index (χ0v) is 14.3. The molecular weight excluding hydrogens is 342 g/mol. The van der Waals surface area contributed by atoms with Crippen molar-refractivity contribution in [1.82, 2.24) is 9.47 Å². The maximum absolute atomic E-state index is 12.6. The van der Waals surface area contributed by atoms with Crippen molar-refractivity contribution < 1.29 is 24.4 Å². The molecule has 0 radical (unpaired) electrons. The minimum absolute atomic E-state index is 0.00748. The first kappa shape index (κ1) is 17.9. The maximum atomic E-state index is 12.6. The Balaban J connectivity index is 1.75. The van der Waals surface area contributed by atoms with Gasteiger partial charge in [0.1, 0.15) is 12.0 Å². The molecule has 1 aliphatic rings. The Hall–Kier alpha value is -2.94. The molecule has 26 heavy (non-hydrogen) atoms. The number of nitrogens with zero attached hydrogens (tertiary/aromatic N) is 3. The summed E-state index contributed by atoms with van der Waals surface area (Å²) in [5.41, 5.74) is -0.361. The summed E-state index contributed by atoms with van der Waals surface area (Å²) in [5.74, 6) is -1.16. The Kier molecular flexibility index (Phi) is 4.64. The number of hydrogen-bond donors (Lipinski definition) is 1. The van der Waals surface area contributed by atoms with Crippen LogP contribution >= 0.6 is 0 Å². The summed E-state index contributed by atoms with van der Waals surface area (Å²) in [5, 5.41) is 21.0. The van der Waals surface area contributed by atoms with E-state index in [2.05, 4.69) is 0 Å². The number of benzene rings is 1. The van der Waals surface area contributed by atoms with Gasteiger partial charge in [-0.1, -0.05) is 0 Å². The smallest absolute Gasteiger partial charge is 0.313 e. The van der Waals surface area contributed by atoms with E-state index >= 15 is 0 Å². The Morgan fingerprint density at radius 3 is 2.81 bits per heavy atom. The molecule has 1 atom stereocenters. The standard InChI is InChI=1S/C17H19N3O6/c1-26-11-17(16(22)23)5-7-19(10-17)15(21)9-18-6-4-12-8-13(20(24)25)2-3-14(12)18/h2-4,6,8H,5,7,9-11H2,1H3,(H,22,23). The molecule has 138 valence electrons. The fraction of sp³-hybridized carbons (Fsp3) is 0.412. The summed E-state index contributed by atoms with van der Waals surface area (Å²) in [6, 6.07) is 6.18. The predicted octanol–water partition coefficient (Wildman–Crippen LogP) is 1.50. The van der Waals surface area contributed by atoms with E-state index in [1.54, 1.807) is 22.9 Å². The topological polar surface area (TPSA) is 115 Å². The molecule has 1 aromatic carbocycles. The van der Waals surface area contributed by atoms with Crippen LogP contribution in [-0.4, -0.2) is 58.2 Å². The third kappa shape index (κ3) is 3.13. The van der Waals surface area contributed by atoms with Gasteiger partial charge in [0.05, 0.1) is 11.5 Å². The molecule has 1 saturated heterocycles. The van der Waals surface area contributed by atoms with Gasteiger partial charge in [0, 0.05) is 49.4 Å². The average molecular weight is 361 g/mol. The first-order chi connectivity index (χ1) is 12.4. The Morgan fingerprint density at radius 2 is 2.15 bits per heavy atom. The number of amides is 1. The van der Waals surface area contributed by atoms with Crippen LogP contribution in [0.15, 0.2) is 30.5 Å². The minimum atomic E-state index is -1.07. The normalized spacial score (nSPS) is 19.8. The van der Waals surface area contributed by atoms with Gasteiger partial charge in [-0.3, -0.25) is 19.7 Å². The number of ether oxygens (including phenoxy) is 1. The van der Waals surface area contributed by atoms with Gasteiger partial charge in [-0.05, 0) is 18.6 Å². The molecule has 0 aliphatic carbocycles. The Bertz CT molecular complexity index is 877. The van der Waals surface area contributed by atoms with Crippen molar-refractivity contribution in [3.63, 3.8) is 0 Å². The second kappa shape index (κ2) is 6.75. The minimum Gasteiger partial charge on any atom is -0.481 e. The first-order valence-electron chi connectivity index (χ1n) is 8.10. The number of carboxylic acids is 1. The molecule has 3 rings (SSSR count). The van der Waals surface area contributed by atoms with Crippen molar-refractivity contribution >= 4 is 28.5 Å². The quantitative estimate of drug-likeness (QED) is 0.616. The summed E-state index contributed by atoms with van der Waals surface area (Å²) in [6.07, 6.45) is 2.04. The van der Waals surface area contributed by atoms with Crippen LogP contribution in [0.1, 0.15) is 6.42 Å². The van der Waals surface area contributed by atoms with Crippen LogP contribution in [0.2, 0.25) is 0 Å². The van der Waals surface area contributed by atoms with Gasteiger partial charge in [-0.25, -0.2) is 0 Å². The summed E-state index contributed by atoms with van der Waals surface area (Å²) < 4.78 is 6.74. The predicted molar refractivity (Wildman–Crippen MR) is 91.7 cm³/mol. The van der Waals surface area contributed by atoms with Crippen LogP contribution in [0, 0.1) is 15.5 Å². The second-order valence-corrected chi connectivity index (χ2v) is 6.53. The van der Waals surface area contributed by atoms with E-state index in [0.717, 1.165) is 0 Å². The molecule has 1 amide bonds. The van der Waals surface area contributed by atoms with Crippen molar-refractivity contribution in [3.8, 4) is 0 Å². The zero-order chi connectivity index (χ0) is 18.9. The Labute approximate surface area is 148 Å². The lowest BCUT2D eigenvalue weighted by Crippen LogP contribution is -2.40. The molecular formula is C17H19N3O6. The van der Waals surface area contributed by atoms with Gasteiger partial charge in [0.2, 0.25) is 5.91 Å². The lowest BCUT2D eigenvalue weighted by molar-refractivity contribution is -0.384. The fourth-order valence-corrected chi connectivity index (χ4v) is 3.40. The van der Waals surface area contributed by atoms with Gasteiger partial charge in [-0.2, -0.15) is 0 Å². The van der Waals surface area contributed by atoms with E-state index in [0.29, 0.717) is 23.9 Å². The van der Waals surface area contributed by atoms with Crippen molar-refractivity contribution in [3.05, 3.63) is 40.6 Å². The van der Waals surface area contributed by atoms with Crippen LogP contribution in [-0.2, 0) is 20.9 Å². The molecule has 9 nitrogen and oxygen atoms in total. The van der Waals surface area contributed by atoms with E-state index in [9.17, 15) is 24.8 Å². The number of aliphatic carboxylic acids is 1. The average Bonchev–Trinajstić information content (AvgIpc) is 3.20. The third-order valence-electron chi connectivity index (χ3n) is 4.85. The molecule has 1 aromatic heterocycles. The molecule has 1 unspecified atom stereocenters. The SMILES string of the molecule is COCC1(C(=O)O)CCN(C(=O)Cn2ccc3cc([N+](=O)[O-])ccc32)C1. The molecule has 1 N–H and O–H groups in total. The third-order valence-corrected chi connectivity index (χ3v) is 4.85. The number of rotatable bonds is 6. The number of carbonyl (C=O) groups excluding carboxylic acids is 1. The molecule has 1 aliphatic heterocycles. The first-order valence-corrected chi connectivity index (χ1v) is 8.10. The van der Waals surface area contributed by atoms with Gasteiger partial charge in [-0.15, -0.1) is 0 Å². The van der Waals surface area contributed by atoms with Crippen LogP contribution in [0.4, 0.5) is 5.69 Å². The van der Waals surface area contributed by atoms with E-state index in [4.69, 9.17) is 4.74 Å². The van der Waals surface area contributed by atoms with Crippen LogP contribution < -0.4 is 0 Å².